The highest BCUT2D eigenvalue weighted by Crippen LogP contribution is 2.53. The minimum Gasteiger partial charge on any atom is -0.490 e. The number of ketones is 1. The van der Waals surface area contributed by atoms with Crippen LogP contribution in [0, 0.1) is 5.41 Å². The second kappa shape index (κ2) is 8.83. The number of carbonyl (C=O) groups excluding carboxylic acids is 2. The number of rotatable bonds is 4. The monoisotopic (exact) mass is 533 g/mol. The van der Waals surface area contributed by atoms with Crippen LogP contribution >= 0.6 is 15.9 Å². The lowest BCUT2D eigenvalue weighted by Gasteiger charge is -2.40. The molecule has 0 amide bonds. The molecular weight excluding hydrogens is 506 g/mol. The number of anilines is 1. The van der Waals surface area contributed by atoms with E-state index in [0.717, 1.165) is 49.6 Å². The van der Waals surface area contributed by atoms with Crippen molar-refractivity contribution in [3.8, 4) is 11.5 Å². The lowest BCUT2D eigenvalue weighted by molar-refractivity contribution is -0.132. The van der Waals surface area contributed by atoms with Gasteiger partial charge in [0, 0.05) is 34.6 Å². The maximum atomic E-state index is 13.7. The van der Waals surface area contributed by atoms with E-state index < -0.39 is 5.97 Å². The first kappa shape index (κ1) is 23.6. The highest BCUT2D eigenvalue weighted by atomic mass is 79.9. The van der Waals surface area contributed by atoms with Gasteiger partial charge in [0.05, 0.1) is 12.6 Å². The molecule has 3 aromatic carbocycles. The van der Waals surface area contributed by atoms with Gasteiger partial charge < -0.3 is 14.8 Å². The first-order valence-corrected chi connectivity index (χ1v) is 12.7. The summed E-state index contributed by atoms with van der Waals surface area (Å²) >= 11 is 3.68. The Morgan fingerprint density at radius 2 is 1.89 bits per heavy atom. The molecule has 35 heavy (non-hydrogen) atoms. The number of esters is 1. The molecule has 0 radical (unpaired) electrons. The summed E-state index contributed by atoms with van der Waals surface area (Å²) in [6.45, 7) is 7.98. The van der Waals surface area contributed by atoms with E-state index in [9.17, 15) is 9.59 Å². The third-order valence-corrected chi connectivity index (χ3v) is 7.35. The van der Waals surface area contributed by atoms with Gasteiger partial charge in [-0.3, -0.25) is 9.59 Å². The quantitative estimate of drug-likeness (QED) is 0.283. The molecule has 2 aliphatic rings. The van der Waals surface area contributed by atoms with Crippen molar-refractivity contribution >= 4 is 49.7 Å². The number of allylic oxidation sites excluding steroid dienone is 1. The SMILES string of the molecule is CCOc1cc([C@H]2Nc3ccc4ccccc4c3C3=C2C(=O)CC(C)(C)C3)c(Br)cc1OC(C)=O. The summed E-state index contributed by atoms with van der Waals surface area (Å²) < 4.78 is 11.9. The molecule has 0 bridgehead atoms. The van der Waals surface area contributed by atoms with Gasteiger partial charge in [-0.2, -0.15) is 0 Å². The highest BCUT2D eigenvalue weighted by Gasteiger charge is 2.41. The van der Waals surface area contributed by atoms with Gasteiger partial charge >= 0.3 is 5.97 Å². The molecule has 1 aliphatic carbocycles. The lowest BCUT2D eigenvalue weighted by Crippen LogP contribution is -2.33. The molecule has 0 saturated carbocycles. The van der Waals surface area contributed by atoms with Crippen molar-refractivity contribution in [1.29, 1.82) is 0 Å². The Balaban J connectivity index is 1.74. The Labute approximate surface area is 213 Å². The summed E-state index contributed by atoms with van der Waals surface area (Å²) in [5.41, 5.74) is 4.77. The van der Waals surface area contributed by atoms with Crippen LogP contribution in [-0.2, 0) is 9.59 Å². The molecule has 1 heterocycles. The largest absolute Gasteiger partial charge is 0.490 e. The van der Waals surface area contributed by atoms with Crippen molar-refractivity contribution in [2.75, 3.05) is 11.9 Å². The van der Waals surface area contributed by atoms with E-state index in [2.05, 4.69) is 59.4 Å². The zero-order valence-electron chi connectivity index (χ0n) is 20.3. The van der Waals surface area contributed by atoms with E-state index in [1.165, 1.54) is 6.92 Å². The van der Waals surface area contributed by atoms with Crippen molar-refractivity contribution < 1.29 is 19.1 Å². The van der Waals surface area contributed by atoms with Crippen LogP contribution in [0.3, 0.4) is 0 Å². The molecule has 0 saturated heterocycles. The van der Waals surface area contributed by atoms with Crippen molar-refractivity contribution in [3.63, 3.8) is 0 Å². The first-order valence-electron chi connectivity index (χ1n) is 11.9. The second-order valence-corrected chi connectivity index (χ2v) is 10.8. The maximum absolute atomic E-state index is 13.7. The minimum atomic E-state index is -0.420. The smallest absolute Gasteiger partial charge is 0.308 e. The fourth-order valence-electron chi connectivity index (χ4n) is 5.35. The number of hydrogen-bond donors (Lipinski definition) is 1. The van der Waals surface area contributed by atoms with Crippen LogP contribution in [0.1, 0.15) is 57.7 Å². The Hall–Kier alpha value is -3.12. The molecule has 3 aromatic rings. The van der Waals surface area contributed by atoms with Gasteiger partial charge in [-0.15, -0.1) is 0 Å². The molecule has 1 atom stereocenters. The van der Waals surface area contributed by atoms with Gasteiger partial charge in [0.15, 0.2) is 17.3 Å². The van der Waals surface area contributed by atoms with E-state index in [-0.39, 0.29) is 17.2 Å². The van der Waals surface area contributed by atoms with Gasteiger partial charge in [-0.1, -0.05) is 60.1 Å². The van der Waals surface area contributed by atoms with Crippen LogP contribution in [0.15, 0.2) is 58.6 Å². The normalized spacial score (nSPS) is 18.5. The van der Waals surface area contributed by atoms with Gasteiger partial charge in [-0.25, -0.2) is 0 Å². The van der Waals surface area contributed by atoms with Crippen LogP contribution in [0.2, 0.25) is 0 Å². The fourth-order valence-corrected chi connectivity index (χ4v) is 5.90. The third-order valence-electron chi connectivity index (χ3n) is 6.67. The molecule has 5 nitrogen and oxygen atoms in total. The zero-order chi connectivity index (χ0) is 24.9. The van der Waals surface area contributed by atoms with Gasteiger partial charge in [-0.05, 0) is 58.9 Å². The maximum Gasteiger partial charge on any atom is 0.308 e. The number of hydrogen-bond acceptors (Lipinski definition) is 5. The average Bonchev–Trinajstić information content (AvgIpc) is 2.78. The third kappa shape index (κ3) is 4.25. The number of nitrogens with one attached hydrogen (secondary N) is 1. The second-order valence-electron chi connectivity index (χ2n) is 9.97. The fraction of sp³-hybridized carbons (Fsp3) is 0.310. The molecule has 5 rings (SSSR count). The topological polar surface area (TPSA) is 64.6 Å². The number of carbonyl (C=O) groups is 2. The van der Waals surface area contributed by atoms with Crippen LogP contribution < -0.4 is 14.8 Å². The van der Waals surface area contributed by atoms with Crippen molar-refractivity contribution in [1.82, 2.24) is 0 Å². The molecule has 0 fully saturated rings. The highest BCUT2D eigenvalue weighted by molar-refractivity contribution is 9.10. The predicted molar refractivity (Wildman–Crippen MR) is 142 cm³/mol. The summed E-state index contributed by atoms with van der Waals surface area (Å²) in [7, 11) is 0. The number of Topliss-reactive ketones (excluding diaryl/α,β-unsaturated/α-hetero) is 1. The van der Waals surface area contributed by atoms with Crippen molar-refractivity contribution in [2.45, 2.75) is 46.6 Å². The molecular formula is C29H28BrNO4. The van der Waals surface area contributed by atoms with Crippen molar-refractivity contribution in [2.24, 2.45) is 5.41 Å². The van der Waals surface area contributed by atoms with Crippen LogP contribution in [0.5, 0.6) is 11.5 Å². The number of fused-ring (bicyclic) bond motifs is 4. The zero-order valence-corrected chi connectivity index (χ0v) is 21.9. The molecule has 6 heteroatoms. The standard InChI is InChI=1S/C29H28BrNO4/c1-5-34-24-12-19(21(30)13-25(24)35-16(2)32)28-27-20(14-29(3,4)15-23(27)33)26-18-9-7-6-8-17(18)10-11-22(26)31-28/h6-13,28,31H,5,14-15H2,1-4H3/t28-/m1/s1. The Morgan fingerprint density at radius 3 is 2.63 bits per heavy atom. The van der Waals surface area contributed by atoms with Crippen molar-refractivity contribution in [3.05, 3.63) is 69.7 Å². The Kier molecular flexibility index (Phi) is 5.96. The number of benzene rings is 3. The van der Waals surface area contributed by atoms with Crippen LogP contribution in [-0.4, -0.2) is 18.4 Å². The molecule has 0 aromatic heterocycles. The van der Waals surface area contributed by atoms with Gasteiger partial charge in [0.1, 0.15) is 0 Å². The van der Waals surface area contributed by atoms with E-state index in [0.29, 0.717) is 24.5 Å². The molecule has 0 unspecified atom stereocenters. The van der Waals surface area contributed by atoms with E-state index in [1.54, 1.807) is 6.07 Å². The van der Waals surface area contributed by atoms with E-state index in [4.69, 9.17) is 9.47 Å². The first-order chi connectivity index (χ1) is 16.7. The summed E-state index contributed by atoms with van der Waals surface area (Å²) in [6.07, 6.45) is 1.31. The molecule has 180 valence electrons. The summed E-state index contributed by atoms with van der Waals surface area (Å²) in [5, 5.41) is 5.96. The average molecular weight is 534 g/mol. The molecule has 1 aliphatic heterocycles. The Bertz CT molecular complexity index is 1410. The molecule has 0 spiro atoms. The van der Waals surface area contributed by atoms with Gasteiger partial charge in [0.2, 0.25) is 0 Å². The van der Waals surface area contributed by atoms with E-state index >= 15 is 0 Å². The summed E-state index contributed by atoms with van der Waals surface area (Å²) in [5.74, 6) is 0.554. The van der Waals surface area contributed by atoms with Crippen LogP contribution in [0.4, 0.5) is 5.69 Å². The van der Waals surface area contributed by atoms with E-state index in [1.807, 2.05) is 25.1 Å². The minimum absolute atomic E-state index is 0.126. The van der Waals surface area contributed by atoms with Crippen LogP contribution in [0.25, 0.3) is 16.3 Å². The number of halogens is 1. The van der Waals surface area contributed by atoms with Gasteiger partial charge in [0.25, 0.3) is 0 Å². The number of ether oxygens (including phenoxy) is 2. The summed E-state index contributed by atoms with van der Waals surface area (Å²) in [4.78, 5) is 25.3. The molecule has 1 N–H and O–H groups in total. The summed E-state index contributed by atoms with van der Waals surface area (Å²) in [6, 6.07) is 15.8. The lowest BCUT2D eigenvalue weighted by atomic mass is 9.68. The Morgan fingerprint density at radius 1 is 1.11 bits per heavy atom. The predicted octanol–water partition coefficient (Wildman–Crippen LogP) is 7.24.